The van der Waals surface area contributed by atoms with Crippen LogP contribution in [0.2, 0.25) is 0 Å². The second-order valence-corrected chi connectivity index (χ2v) is 7.38. The predicted octanol–water partition coefficient (Wildman–Crippen LogP) is 3.02. The van der Waals surface area contributed by atoms with Crippen LogP contribution in [-0.4, -0.2) is 36.3 Å². The molecule has 2 heterocycles. The van der Waals surface area contributed by atoms with E-state index in [1.54, 1.807) is 22.9 Å². The highest BCUT2D eigenvalue weighted by Crippen LogP contribution is 2.22. The molecule has 3 N–H and O–H groups in total. The van der Waals surface area contributed by atoms with Crippen molar-refractivity contribution in [1.82, 2.24) is 24.7 Å². The van der Waals surface area contributed by atoms with Crippen LogP contribution < -0.4 is 11.2 Å². The number of rotatable bonds is 6. The number of aryl methyl sites for hydroxylation is 1. The minimum absolute atomic E-state index is 0.0811. The van der Waals surface area contributed by atoms with Crippen LogP contribution in [0, 0.1) is 12.7 Å². The summed E-state index contributed by atoms with van der Waals surface area (Å²) < 4.78 is 16.1. The summed E-state index contributed by atoms with van der Waals surface area (Å²) in [6, 6.07) is 17.1. The van der Waals surface area contributed by atoms with Crippen molar-refractivity contribution in [3.63, 3.8) is 0 Å². The van der Waals surface area contributed by atoms with E-state index in [9.17, 15) is 9.18 Å². The third-order valence-electron chi connectivity index (χ3n) is 4.20. The summed E-state index contributed by atoms with van der Waals surface area (Å²) in [5.41, 5.74) is 2.26. The van der Waals surface area contributed by atoms with E-state index >= 15 is 0 Å². The van der Waals surface area contributed by atoms with Crippen LogP contribution in [0.15, 0.2) is 65.8 Å². The number of para-hydroxylation sites is 1. The molecule has 152 valence electrons. The molecule has 4 aromatic rings. The number of hydrogen-bond donors (Lipinski definition) is 2. The van der Waals surface area contributed by atoms with Crippen molar-refractivity contribution in [3.8, 4) is 17.1 Å². The third-order valence-corrected chi connectivity index (χ3v) is 5.14. The van der Waals surface area contributed by atoms with E-state index in [0.717, 1.165) is 23.1 Å². The monoisotopic (exact) mass is 423 g/mol. The minimum atomic E-state index is -0.349. The van der Waals surface area contributed by atoms with Crippen molar-refractivity contribution in [3.05, 3.63) is 72.2 Å². The fourth-order valence-corrected chi connectivity index (χ4v) is 3.49. The lowest BCUT2D eigenvalue weighted by Crippen LogP contribution is -2.18. The standard InChI is InChI=1S/C20H18FN7OS/c1-13-11-17(28(26-13)16-5-3-2-4-6-16)23-18(29)12-30-20-25-24-19(27(20)22)14-7-9-15(21)10-8-14/h2-11H,12,22H2,1H3,(H,23,29). The molecule has 0 radical (unpaired) electrons. The Balaban J connectivity index is 1.44. The van der Waals surface area contributed by atoms with Gasteiger partial charge in [-0.3, -0.25) is 4.79 Å². The molecule has 8 nitrogen and oxygen atoms in total. The first-order valence-corrected chi connectivity index (χ1v) is 10.0. The molecule has 30 heavy (non-hydrogen) atoms. The van der Waals surface area contributed by atoms with E-state index in [2.05, 4.69) is 20.6 Å². The van der Waals surface area contributed by atoms with Crippen LogP contribution in [0.25, 0.3) is 17.1 Å². The maximum absolute atomic E-state index is 13.1. The average molecular weight is 423 g/mol. The molecule has 4 rings (SSSR count). The highest BCUT2D eigenvalue weighted by atomic mass is 32.2. The lowest BCUT2D eigenvalue weighted by Gasteiger charge is -2.08. The number of anilines is 1. The summed E-state index contributed by atoms with van der Waals surface area (Å²) in [7, 11) is 0. The first-order valence-electron chi connectivity index (χ1n) is 9.02. The van der Waals surface area contributed by atoms with E-state index in [4.69, 9.17) is 5.84 Å². The van der Waals surface area contributed by atoms with Crippen molar-refractivity contribution in [2.24, 2.45) is 0 Å². The molecule has 0 aliphatic carbocycles. The largest absolute Gasteiger partial charge is 0.335 e. The molecule has 2 aromatic carbocycles. The number of carbonyl (C=O) groups excluding carboxylic acids is 1. The topological polar surface area (TPSA) is 104 Å². The van der Waals surface area contributed by atoms with Crippen LogP contribution in [-0.2, 0) is 4.79 Å². The molecular formula is C20H18FN7OS. The molecule has 1 amide bonds. The lowest BCUT2D eigenvalue weighted by molar-refractivity contribution is -0.113. The van der Waals surface area contributed by atoms with Crippen molar-refractivity contribution in [2.45, 2.75) is 12.1 Å². The van der Waals surface area contributed by atoms with Gasteiger partial charge in [-0.1, -0.05) is 30.0 Å². The summed E-state index contributed by atoms with van der Waals surface area (Å²) in [6.45, 7) is 1.86. The predicted molar refractivity (Wildman–Crippen MR) is 113 cm³/mol. The van der Waals surface area contributed by atoms with Crippen molar-refractivity contribution in [1.29, 1.82) is 0 Å². The zero-order valence-electron chi connectivity index (χ0n) is 16.0. The SMILES string of the molecule is Cc1cc(NC(=O)CSc2nnc(-c3ccc(F)cc3)n2N)n(-c2ccccc2)n1. The molecule has 0 saturated heterocycles. The van der Waals surface area contributed by atoms with E-state index in [-0.39, 0.29) is 17.5 Å². The number of nitrogen functional groups attached to an aromatic ring is 1. The Morgan fingerprint density at radius 1 is 1.13 bits per heavy atom. The van der Waals surface area contributed by atoms with Crippen molar-refractivity contribution in [2.75, 3.05) is 16.9 Å². The molecule has 0 unspecified atom stereocenters. The number of nitrogens with zero attached hydrogens (tertiary/aromatic N) is 5. The highest BCUT2D eigenvalue weighted by Gasteiger charge is 2.15. The number of thioether (sulfide) groups is 1. The average Bonchev–Trinajstić information content (AvgIpc) is 3.30. The number of amides is 1. The first kappa shape index (κ1) is 19.6. The molecule has 0 aliphatic heterocycles. The number of halogens is 1. The Kier molecular flexibility index (Phi) is 5.48. The number of hydrogen-bond acceptors (Lipinski definition) is 6. The van der Waals surface area contributed by atoms with Gasteiger partial charge in [-0.2, -0.15) is 5.10 Å². The van der Waals surface area contributed by atoms with Gasteiger partial charge in [0.1, 0.15) is 11.6 Å². The van der Waals surface area contributed by atoms with Gasteiger partial charge in [-0.25, -0.2) is 13.7 Å². The van der Waals surface area contributed by atoms with E-state index in [0.29, 0.717) is 22.4 Å². The minimum Gasteiger partial charge on any atom is -0.335 e. The molecule has 0 atom stereocenters. The second-order valence-electron chi connectivity index (χ2n) is 6.44. The number of nitrogens with two attached hydrogens (primary N) is 1. The van der Waals surface area contributed by atoms with Gasteiger partial charge in [0, 0.05) is 11.6 Å². The lowest BCUT2D eigenvalue weighted by atomic mass is 10.2. The van der Waals surface area contributed by atoms with E-state index < -0.39 is 0 Å². The normalized spacial score (nSPS) is 10.9. The second kappa shape index (κ2) is 8.37. The summed E-state index contributed by atoms with van der Waals surface area (Å²) in [5, 5.41) is 15.7. The van der Waals surface area contributed by atoms with Gasteiger partial charge in [0.05, 0.1) is 17.1 Å². The molecule has 10 heteroatoms. The van der Waals surface area contributed by atoms with E-state index in [1.807, 2.05) is 37.3 Å². The first-order chi connectivity index (χ1) is 14.5. The quantitative estimate of drug-likeness (QED) is 0.365. The van der Waals surface area contributed by atoms with Crippen LogP contribution in [0.5, 0.6) is 0 Å². The van der Waals surface area contributed by atoms with Gasteiger partial charge in [0.2, 0.25) is 11.1 Å². The highest BCUT2D eigenvalue weighted by molar-refractivity contribution is 7.99. The smallest absolute Gasteiger partial charge is 0.236 e. The van der Waals surface area contributed by atoms with Gasteiger partial charge >= 0.3 is 0 Å². The molecular weight excluding hydrogens is 405 g/mol. The molecule has 0 fully saturated rings. The Morgan fingerprint density at radius 3 is 2.60 bits per heavy atom. The van der Waals surface area contributed by atoms with Crippen LogP contribution in [0.4, 0.5) is 10.2 Å². The fourth-order valence-electron chi connectivity index (χ4n) is 2.83. The van der Waals surface area contributed by atoms with Crippen molar-refractivity contribution < 1.29 is 9.18 Å². The van der Waals surface area contributed by atoms with Gasteiger partial charge in [-0.05, 0) is 43.3 Å². The third kappa shape index (κ3) is 4.18. The van der Waals surface area contributed by atoms with Gasteiger partial charge in [0.25, 0.3) is 0 Å². The Labute approximate surface area is 175 Å². The van der Waals surface area contributed by atoms with Crippen LogP contribution in [0.1, 0.15) is 5.69 Å². The Morgan fingerprint density at radius 2 is 1.87 bits per heavy atom. The summed E-state index contributed by atoms with van der Waals surface area (Å²) in [5.74, 6) is 6.51. The molecule has 0 saturated carbocycles. The molecule has 0 aliphatic rings. The Bertz CT molecular complexity index is 1170. The molecule has 0 spiro atoms. The number of aromatic nitrogens is 5. The fraction of sp³-hybridized carbons (Fsp3) is 0.100. The molecule has 0 bridgehead atoms. The maximum atomic E-state index is 13.1. The number of benzene rings is 2. The van der Waals surface area contributed by atoms with Gasteiger partial charge in [-0.15, -0.1) is 10.2 Å². The number of nitrogens with one attached hydrogen (secondary N) is 1. The molecule has 2 aromatic heterocycles. The van der Waals surface area contributed by atoms with E-state index in [1.165, 1.54) is 16.8 Å². The number of carbonyl (C=O) groups is 1. The zero-order valence-corrected chi connectivity index (χ0v) is 16.8. The summed E-state index contributed by atoms with van der Waals surface area (Å²) in [4.78, 5) is 12.5. The van der Waals surface area contributed by atoms with Gasteiger partial charge < -0.3 is 11.2 Å². The van der Waals surface area contributed by atoms with Crippen LogP contribution >= 0.6 is 11.8 Å². The van der Waals surface area contributed by atoms with Crippen LogP contribution in [0.3, 0.4) is 0 Å². The maximum Gasteiger partial charge on any atom is 0.236 e. The van der Waals surface area contributed by atoms with Crippen molar-refractivity contribution >= 4 is 23.5 Å². The Hall–Kier alpha value is -3.66. The zero-order chi connectivity index (χ0) is 21.1. The summed E-state index contributed by atoms with van der Waals surface area (Å²) >= 11 is 1.15. The summed E-state index contributed by atoms with van der Waals surface area (Å²) in [6.07, 6.45) is 0. The van der Waals surface area contributed by atoms with Gasteiger partial charge in [0.15, 0.2) is 5.82 Å².